The van der Waals surface area contributed by atoms with Crippen molar-refractivity contribution in [1.82, 2.24) is 25.0 Å². The molecule has 2 aromatic heterocycles. The third kappa shape index (κ3) is 4.13. The minimum Gasteiger partial charge on any atom is -0.348 e. The van der Waals surface area contributed by atoms with Gasteiger partial charge in [-0.15, -0.1) is 5.10 Å². The molecule has 9 heteroatoms. The fraction of sp³-hybridized carbons (Fsp3) is 0.294. The molecule has 6 nitrogen and oxygen atoms in total. The summed E-state index contributed by atoms with van der Waals surface area (Å²) < 4.78 is 28.3. The number of hydrogen-bond acceptors (Lipinski definition) is 5. The van der Waals surface area contributed by atoms with Crippen molar-refractivity contribution >= 4 is 17.5 Å². The van der Waals surface area contributed by atoms with Gasteiger partial charge < -0.3 is 5.32 Å². The van der Waals surface area contributed by atoms with E-state index in [1.54, 1.807) is 24.4 Å². The highest BCUT2D eigenvalue weighted by atomic mass is 35.5. The van der Waals surface area contributed by atoms with E-state index in [-0.39, 0.29) is 0 Å². The highest BCUT2D eigenvalue weighted by Crippen LogP contribution is 2.27. The summed E-state index contributed by atoms with van der Waals surface area (Å²) in [7, 11) is 0. The first-order chi connectivity index (χ1) is 12.4. The fourth-order valence-corrected chi connectivity index (χ4v) is 2.56. The van der Waals surface area contributed by atoms with Gasteiger partial charge in [-0.3, -0.25) is 0 Å². The van der Waals surface area contributed by atoms with Crippen LogP contribution in [0, 0.1) is 0 Å². The van der Waals surface area contributed by atoms with E-state index in [4.69, 9.17) is 11.6 Å². The predicted molar refractivity (Wildman–Crippen MR) is 94.8 cm³/mol. The molecule has 26 heavy (non-hydrogen) atoms. The second kappa shape index (κ2) is 7.74. The molecule has 3 rings (SSSR count). The van der Waals surface area contributed by atoms with Crippen LogP contribution in [0.2, 0.25) is 5.02 Å². The topological polar surface area (TPSA) is 68.5 Å². The molecule has 0 aliphatic carbocycles. The lowest BCUT2D eigenvalue weighted by atomic mass is 10.1. The van der Waals surface area contributed by atoms with Gasteiger partial charge in [0.05, 0.1) is 18.4 Å². The number of nitrogens with zero attached hydrogens (tertiary/aromatic N) is 5. The molecule has 0 aliphatic heterocycles. The molecule has 0 bridgehead atoms. The van der Waals surface area contributed by atoms with Crippen molar-refractivity contribution in [3.05, 3.63) is 58.6 Å². The van der Waals surface area contributed by atoms with Crippen LogP contribution in [0.4, 0.5) is 14.7 Å². The van der Waals surface area contributed by atoms with E-state index in [1.807, 2.05) is 0 Å². The average molecular weight is 379 g/mol. The smallest absolute Gasteiger partial charge is 0.222 e. The molecule has 2 atom stereocenters. The fourth-order valence-electron chi connectivity index (χ4n) is 2.29. The second-order valence-electron chi connectivity index (χ2n) is 5.79. The van der Waals surface area contributed by atoms with E-state index >= 15 is 0 Å². The highest BCUT2D eigenvalue weighted by Gasteiger charge is 2.11. The van der Waals surface area contributed by atoms with Crippen molar-refractivity contribution in [3.63, 3.8) is 0 Å². The zero-order valence-electron chi connectivity index (χ0n) is 14.2. The van der Waals surface area contributed by atoms with E-state index < -0.39 is 12.3 Å². The number of halogens is 3. The first-order valence-electron chi connectivity index (χ1n) is 7.99. The summed E-state index contributed by atoms with van der Waals surface area (Å²) in [6.45, 7) is 3.19. The Morgan fingerprint density at radius 1 is 1.15 bits per heavy atom. The van der Waals surface area contributed by atoms with E-state index in [1.165, 1.54) is 30.9 Å². The van der Waals surface area contributed by atoms with Crippen LogP contribution >= 0.6 is 11.6 Å². The maximum Gasteiger partial charge on any atom is 0.222 e. The minimum absolute atomic E-state index is 0.338. The Morgan fingerprint density at radius 3 is 2.54 bits per heavy atom. The molecule has 0 radical (unpaired) electrons. The molecule has 2 unspecified atom stereocenters. The van der Waals surface area contributed by atoms with Crippen molar-refractivity contribution in [2.45, 2.75) is 32.7 Å². The highest BCUT2D eigenvalue weighted by molar-refractivity contribution is 6.31. The van der Waals surface area contributed by atoms with Gasteiger partial charge in [0, 0.05) is 28.5 Å². The van der Waals surface area contributed by atoms with Crippen LogP contribution in [-0.2, 0) is 6.54 Å². The van der Waals surface area contributed by atoms with E-state index in [0.717, 1.165) is 0 Å². The van der Waals surface area contributed by atoms with Gasteiger partial charge in [0.15, 0.2) is 0 Å². The number of benzene rings is 1. The molecule has 0 saturated carbocycles. The lowest BCUT2D eigenvalue weighted by molar-refractivity contribution is 0.372. The van der Waals surface area contributed by atoms with Crippen molar-refractivity contribution < 1.29 is 8.78 Å². The first-order valence-corrected chi connectivity index (χ1v) is 8.37. The Kier molecular flexibility index (Phi) is 5.41. The Bertz CT molecular complexity index is 879. The van der Waals surface area contributed by atoms with Gasteiger partial charge in [0.2, 0.25) is 5.95 Å². The third-order valence-corrected chi connectivity index (χ3v) is 4.12. The Labute approximate surface area is 154 Å². The largest absolute Gasteiger partial charge is 0.348 e. The summed E-state index contributed by atoms with van der Waals surface area (Å²) in [5.74, 6) is 0.365. The van der Waals surface area contributed by atoms with Crippen molar-refractivity contribution in [1.29, 1.82) is 0 Å². The molecule has 3 aromatic rings. The van der Waals surface area contributed by atoms with Crippen LogP contribution in [0.5, 0.6) is 0 Å². The number of aromatic nitrogens is 5. The quantitative estimate of drug-likeness (QED) is 0.689. The summed E-state index contributed by atoms with van der Waals surface area (Å²) in [6.07, 6.45) is 2.29. The van der Waals surface area contributed by atoms with Crippen molar-refractivity contribution in [2.75, 3.05) is 5.32 Å². The molecule has 136 valence electrons. The second-order valence-corrected chi connectivity index (χ2v) is 6.19. The number of nitrogens with one attached hydrogen (secondary N) is 1. The predicted octanol–water partition coefficient (Wildman–Crippen LogP) is 4.38. The van der Waals surface area contributed by atoms with Crippen LogP contribution in [0.15, 0.2) is 36.8 Å². The maximum atomic E-state index is 13.6. The van der Waals surface area contributed by atoms with Crippen LogP contribution in [0.25, 0.3) is 5.69 Å². The molecule has 0 aliphatic rings. The standard InChI is InChI=1S/C17H17ClF2N6/c1-10(19)12-6-21-17(22-7-12)23-8-13-9-26(25-24-13)14-3-4-16(18)15(5-14)11(2)20/h3-7,9-11H,8H2,1-2H3,(H,21,22,23). The molecular formula is C17H17ClF2N6. The van der Waals surface area contributed by atoms with Gasteiger partial charge in [0.1, 0.15) is 18.0 Å². The van der Waals surface area contributed by atoms with E-state index in [0.29, 0.717) is 40.0 Å². The summed E-state index contributed by atoms with van der Waals surface area (Å²) in [5.41, 5.74) is 2.11. The van der Waals surface area contributed by atoms with Gasteiger partial charge in [-0.2, -0.15) is 0 Å². The number of hydrogen-bond donors (Lipinski definition) is 1. The Balaban J connectivity index is 1.69. The van der Waals surface area contributed by atoms with Gasteiger partial charge in [0.25, 0.3) is 0 Å². The zero-order chi connectivity index (χ0) is 18.7. The van der Waals surface area contributed by atoms with Gasteiger partial charge in [-0.05, 0) is 32.0 Å². The number of rotatable bonds is 6. The molecule has 0 amide bonds. The minimum atomic E-state index is -1.18. The monoisotopic (exact) mass is 378 g/mol. The van der Waals surface area contributed by atoms with Crippen LogP contribution in [0.1, 0.15) is 43.0 Å². The van der Waals surface area contributed by atoms with Gasteiger partial charge in [-0.25, -0.2) is 23.4 Å². The maximum absolute atomic E-state index is 13.6. The van der Waals surface area contributed by atoms with Crippen molar-refractivity contribution in [2.24, 2.45) is 0 Å². The molecule has 0 fully saturated rings. The molecule has 2 heterocycles. The number of alkyl halides is 2. The average Bonchev–Trinajstić information content (AvgIpc) is 3.09. The van der Waals surface area contributed by atoms with Crippen LogP contribution in [-0.4, -0.2) is 25.0 Å². The Hall–Kier alpha value is -2.61. The summed E-state index contributed by atoms with van der Waals surface area (Å²) in [4.78, 5) is 8.09. The molecular weight excluding hydrogens is 362 g/mol. The molecule has 0 spiro atoms. The normalized spacial score (nSPS) is 13.4. The molecule has 0 saturated heterocycles. The van der Waals surface area contributed by atoms with E-state index in [9.17, 15) is 8.78 Å². The Morgan fingerprint density at radius 2 is 1.88 bits per heavy atom. The van der Waals surface area contributed by atoms with Gasteiger partial charge in [-0.1, -0.05) is 16.8 Å². The summed E-state index contributed by atoms with van der Waals surface area (Å²) in [5, 5.41) is 11.5. The lowest BCUT2D eigenvalue weighted by Gasteiger charge is -2.08. The third-order valence-electron chi connectivity index (χ3n) is 3.77. The van der Waals surface area contributed by atoms with Crippen LogP contribution < -0.4 is 5.32 Å². The van der Waals surface area contributed by atoms with Crippen LogP contribution in [0.3, 0.4) is 0 Å². The summed E-state index contributed by atoms with van der Waals surface area (Å²) >= 11 is 6.00. The molecule has 1 N–H and O–H groups in total. The van der Waals surface area contributed by atoms with E-state index in [2.05, 4.69) is 25.6 Å². The SMILES string of the molecule is CC(F)c1cnc(NCc2cn(-c3ccc(Cl)c(C(C)F)c3)nn2)nc1. The number of anilines is 1. The van der Waals surface area contributed by atoms with Gasteiger partial charge >= 0.3 is 0 Å². The zero-order valence-corrected chi connectivity index (χ0v) is 15.0. The lowest BCUT2D eigenvalue weighted by Crippen LogP contribution is -2.04. The van der Waals surface area contributed by atoms with Crippen molar-refractivity contribution in [3.8, 4) is 5.69 Å². The first kappa shape index (κ1) is 18.2. The molecule has 1 aromatic carbocycles. The summed E-state index contributed by atoms with van der Waals surface area (Å²) in [6, 6.07) is 5.00.